The molecule has 4 aromatic rings. The SMILES string of the molecule is O=C(OCC(=O)N1N=C(c2ccc(Cl)cc2)C[C@H]1c1ccco1)c1cccc(S(=O)(=O)N2CCc3ccccc3C2)c1. The van der Waals surface area contributed by atoms with E-state index in [2.05, 4.69) is 5.10 Å². The molecule has 9 nitrogen and oxygen atoms in total. The highest BCUT2D eigenvalue weighted by molar-refractivity contribution is 7.89. The average molecular weight is 604 g/mol. The topological polar surface area (TPSA) is 109 Å². The van der Waals surface area contributed by atoms with Crippen molar-refractivity contribution in [3.8, 4) is 0 Å². The number of rotatable bonds is 7. The Hall–Kier alpha value is -4.25. The average Bonchev–Trinajstić information content (AvgIpc) is 3.71. The summed E-state index contributed by atoms with van der Waals surface area (Å²) in [6.07, 6.45) is 2.52. The monoisotopic (exact) mass is 603 g/mol. The number of carbonyl (C=O) groups excluding carboxylic acids is 2. The molecule has 0 aliphatic carbocycles. The van der Waals surface area contributed by atoms with Gasteiger partial charge < -0.3 is 9.15 Å². The predicted octanol–water partition coefficient (Wildman–Crippen LogP) is 5.21. The maximum absolute atomic E-state index is 13.4. The van der Waals surface area contributed by atoms with Crippen molar-refractivity contribution in [2.45, 2.75) is 30.3 Å². The van der Waals surface area contributed by atoms with Crippen molar-refractivity contribution in [1.82, 2.24) is 9.31 Å². The molecule has 0 fully saturated rings. The zero-order chi connectivity index (χ0) is 29.3. The van der Waals surface area contributed by atoms with E-state index in [0.29, 0.717) is 35.9 Å². The molecule has 0 saturated heterocycles. The van der Waals surface area contributed by atoms with Crippen LogP contribution in [0.15, 0.2) is 106 Å². The molecule has 1 aromatic heterocycles. The number of esters is 1. The molecule has 1 atom stereocenters. The Morgan fingerprint density at radius 1 is 0.976 bits per heavy atom. The first-order chi connectivity index (χ1) is 20.3. The van der Waals surface area contributed by atoms with Crippen molar-refractivity contribution in [2.24, 2.45) is 5.10 Å². The van der Waals surface area contributed by atoms with Crippen molar-refractivity contribution in [3.63, 3.8) is 0 Å². The number of benzene rings is 3. The van der Waals surface area contributed by atoms with Crippen molar-refractivity contribution in [2.75, 3.05) is 13.2 Å². The molecule has 0 saturated carbocycles. The van der Waals surface area contributed by atoms with Gasteiger partial charge in [0.15, 0.2) is 6.61 Å². The molecule has 42 heavy (non-hydrogen) atoms. The Morgan fingerprint density at radius 2 is 1.76 bits per heavy atom. The second-order valence-electron chi connectivity index (χ2n) is 9.99. The molecule has 2 aliphatic rings. The summed E-state index contributed by atoms with van der Waals surface area (Å²) in [7, 11) is -3.86. The highest BCUT2D eigenvalue weighted by Crippen LogP contribution is 2.33. The molecular formula is C31H26ClN3O6S. The van der Waals surface area contributed by atoms with Crippen LogP contribution in [0, 0.1) is 0 Å². The third-order valence-corrected chi connectivity index (χ3v) is 9.44. The Morgan fingerprint density at radius 3 is 2.52 bits per heavy atom. The number of carbonyl (C=O) groups is 2. The summed E-state index contributed by atoms with van der Waals surface area (Å²) in [5, 5.41) is 6.35. The number of hydrogen-bond donors (Lipinski definition) is 0. The molecule has 1 amide bonds. The first kappa shape index (κ1) is 27.9. The predicted molar refractivity (Wildman–Crippen MR) is 155 cm³/mol. The third kappa shape index (κ3) is 5.61. The van der Waals surface area contributed by atoms with Gasteiger partial charge in [0.2, 0.25) is 10.0 Å². The number of furan rings is 1. The number of nitrogens with zero attached hydrogens (tertiary/aromatic N) is 3. The van der Waals surface area contributed by atoms with Crippen molar-refractivity contribution < 1.29 is 27.2 Å². The van der Waals surface area contributed by atoms with Gasteiger partial charge in [-0.25, -0.2) is 18.2 Å². The summed E-state index contributed by atoms with van der Waals surface area (Å²) in [6, 6.07) is 23.5. The minimum atomic E-state index is -3.86. The van der Waals surface area contributed by atoms with Crippen molar-refractivity contribution in [1.29, 1.82) is 0 Å². The summed E-state index contributed by atoms with van der Waals surface area (Å²) in [4.78, 5) is 26.2. The minimum Gasteiger partial charge on any atom is -0.467 e. The van der Waals surface area contributed by atoms with E-state index >= 15 is 0 Å². The van der Waals surface area contributed by atoms with Crippen molar-refractivity contribution in [3.05, 3.63) is 124 Å². The molecule has 0 radical (unpaired) electrons. The van der Waals surface area contributed by atoms with E-state index in [1.165, 1.54) is 39.8 Å². The number of ether oxygens (including phenoxy) is 1. The van der Waals surface area contributed by atoms with Gasteiger partial charge in [-0.1, -0.05) is 54.1 Å². The molecule has 2 aliphatic heterocycles. The van der Waals surface area contributed by atoms with Crippen LogP contribution in [0.25, 0.3) is 0 Å². The maximum atomic E-state index is 13.4. The van der Waals surface area contributed by atoms with Crippen LogP contribution in [0.1, 0.15) is 45.3 Å². The largest absolute Gasteiger partial charge is 0.467 e. The fourth-order valence-electron chi connectivity index (χ4n) is 5.14. The fraction of sp³-hybridized carbons (Fsp3) is 0.194. The number of hydrazone groups is 1. The highest BCUT2D eigenvalue weighted by atomic mass is 35.5. The Bertz CT molecular complexity index is 1770. The van der Waals surface area contributed by atoms with Crippen LogP contribution in [0.4, 0.5) is 0 Å². The van der Waals surface area contributed by atoms with Gasteiger partial charge in [-0.2, -0.15) is 9.41 Å². The van der Waals surface area contributed by atoms with E-state index in [0.717, 1.165) is 16.7 Å². The summed E-state index contributed by atoms with van der Waals surface area (Å²) in [5.74, 6) is -0.829. The molecule has 0 unspecified atom stereocenters. The molecule has 214 valence electrons. The van der Waals surface area contributed by atoms with Gasteiger partial charge in [-0.15, -0.1) is 0 Å². The van der Waals surface area contributed by atoms with E-state index in [1.807, 2.05) is 36.4 Å². The van der Waals surface area contributed by atoms with Gasteiger partial charge in [-0.3, -0.25) is 4.79 Å². The maximum Gasteiger partial charge on any atom is 0.338 e. The Balaban J connectivity index is 1.15. The van der Waals surface area contributed by atoms with Gasteiger partial charge in [-0.05, 0) is 65.6 Å². The van der Waals surface area contributed by atoms with Gasteiger partial charge in [0.05, 0.1) is 22.4 Å². The summed E-state index contributed by atoms with van der Waals surface area (Å²) < 4.78 is 39.1. The molecule has 0 bridgehead atoms. The quantitative estimate of drug-likeness (QED) is 0.268. The van der Waals surface area contributed by atoms with Crippen LogP contribution in [-0.4, -0.2) is 48.5 Å². The highest BCUT2D eigenvalue weighted by Gasteiger charge is 2.35. The zero-order valence-electron chi connectivity index (χ0n) is 22.4. The second-order valence-corrected chi connectivity index (χ2v) is 12.4. The van der Waals surface area contributed by atoms with E-state index in [4.69, 9.17) is 20.8 Å². The van der Waals surface area contributed by atoms with Crippen LogP contribution < -0.4 is 0 Å². The van der Waals surface area contributed by atoms with Gasteiger partial charge in [0, 0.05) is 24.5 Å². The lowest BCUT2D eigenvalue weighted by Crippen LogP contribution is -2.36. The van der Waals surface area contributed by atoms with Crippen LogP contribution in [0.3, 0.4) is 0 Å². The number of sulfonamides is 1. The number of fused-ring (bicyclic) bond motifs is 1. The molecule has 6 rings (SSSR count). The summed E-state index contributed by atoms with van der Waals surface area (Å²) in [5.41, 5.74) is 3.57. The van der Waals surface area contributed by atoms with E-state index in [1.54, 1.807) is 24.3 Å². The smallest absolute Gasteiger partial charge is 0.338 e. The zero-order valence-corrected chi connectivity index (χ0v) is 23.9. The summed E-state index contributed by atoms with van der Waals surface area (Å²) in [6.45, 7) is 0.00786. The third-order valence-electron chi connectivity index (χ3n) is 7.34. The van der Waals surface area contributed by atoms with E-state index in [9.17, 15) is 18.0 Å². The van der Waals surface area contributed by atoms with Crippen LogP contribution in [-0.2, 0) is 32.5 Å². The first-order valence-electron chi connectivity index (χ1n) is 13.3. The second kappa shape index (κ2) is 11.6. The lowest BCUT2D eigenvalue weighted by molar-refractivity contribution is -0.136. The minimum absolute atomic E-state index is 0.0164. The number of hydrogen-bond acceptors (Lipinski definition) is 7. The standard InChI is InChI=1S/C31H26ClN3O6S/c32-25-12-10-22(11-13-25)27-18-28(29-9-4-16-40-29)35(33-27)30(36)20-41-31(37)23-7-3-8-26(17-23)42(38,39)34-15-14-21-5-1-2-6-24(21)19-34/h1-13,16-17,28H,14-15,18-20H2/t28-/m0/s1. The van der Waals surface area contributed by atoms with Crippen molar-refractivity contribution >= 4 is 39.2 Å². The molecular weight excluding hydrogens is 578 g/mol. The summed E-state index contributed by atoms with van der Waals surface area (Å²) >= 11 is 6.02. The molecule has 0 spiro atoms. The number of amides is 1. The van der Waals surface area contributed by atoms with Crippen LogP contribution in [0.5, 0.6) is 0 Å². The molecule has 3 aromatic carbocycles. The van der Waals surface area contributed by atoms with Crippen LogP contribution in [0.2, 0.25) is 5.02 Å². The Labute approximate surface area is 248 Å². The van der Waals surface area contributed by atoms with Gasteiger partial charge in [0.25, 0.3) is 5.91 Å². The van der Waals surface area contributed by atoms with Gasteiger partial charge in [0.1, 0.15) is 11.8 Å². The van der Waals surface area contributed by atoms with E-state index < -0.39 is 34.5 Å². The first-order valence-corrected chi connectivity index (χ1v) is 15.1. The van der Waals surface area contributed by atoms with Crippen LogP contribution >= 0.6 is 11.6 Å². The molecule has 3 heterocycles. The fourth-order valence-corrected chi connectivity index (χ4v) is 6.74. The lowest BCUT2D eigenvalue weighted by atomic mass is 10.0. The number of halogens is 1. The lowest BCUT2D eigenvalue weighted by Gasteiger charge is -2.28. The van der Waals surface area contributed by atoms with E-state index in [-0.39, 0.29) is 17.0 Å². The Kier molecular flexibility index (Phi) is 7.68. The normalized spacial score (nSPS) is 17.0. The molecule has 11 heteroatoms. The van der Waals surface area contributed by atoms with Gasteiger partial charge >= 0.3 is 5.97 Å². The molecule has 0 N–H and O–H groups in total.